The average Bonchev–Trinajstić information content (AvgIpc) is 2.07. The molecule has 0 spiro atoms. The van der Waals surface area contributed by atoms with E-state index in [0.717, 1.165) is 11.3 Å². The van der Waals surface area contributed by atoms with E-state index in [1.165, 1.54) is 0 Å². The molecule has 0 aliphatic heterocycles. The standard InChI is InChI=1S/C9H10NO/c1-8(10-11-2)9-6-4-3-5-7-9/h3-7H,2H2,1H3. The summed E-state index contributed by atoms with van der Waals surface area (Å²) < 4.78 is 0. The van der Waals surface area contributed by atoms with E-state index in [9.17, 15) is 0 Å². The van der Waals surface area contributed by atoms with Gasteiger partial charge in [0.1, 0.15) is 0 Å². The zero-order valence-electron chi connectivity index (χ0n) is 6.45. The second kappa shape index (κ2) is 3.76. The molecule has 0 aliphatic rings. The lowest BCUT2D eigenvalue weighted by Crippen LogP contribution is -1.93. The molecule has 0 N–H and O–H groups in total. The summed E-state index contributed by atoms with van der Waals surface area (Å²) in [6, 6.07) is 9.81. The van der Waals surface area contributed by atoms with Crippen molar-refractivity contribution in [3.8, 4) is 0 Å². The molecule has 0 bridgehead atoms. The van der Waals surface area contributed by atoms with Crippen LogP contribution in [0, 0.1) is 7.11 Å². The largest absolute Gasteiger partial charge is 0.392 e. The smallest absolute Gasteiger partial charge is 0.153 e. The molecule has 57 valence electrons. The topological polar surface area (TPSA) is 21.6 Å². The van der Waals surface area contributed by atoms with Crippen molar-refractivity contribution in [3.63, 3.8) is 0 Å². The molecule has 1 rings (SSSR count). The maximum atomic E-state index is 4.40. The molecule has 0 atom stereocenters. The summed E-state index contributed by atoms with van der Waals surface area (Å²) in [5, 5.41) is 3.70. The Hall–Kier alpha value is -1.31. The maximum Gasteiger partial charge on any atom is 0.153 e. The zero-order valence-corrected chi connectivity index (χ0v) is 6.45. The Balaban J connectivity index is 2.85. The normalized spacial score (nSPS) is 11.3. The Labute approximate surface area is 66.5 Å². The first-order chi connectivity index (χ1) is 5.34. The van der Waals surface area contributed by atoms with E-state index < -0.39 is 0 Å². The van der Waals surface area contributed by atoms with Crippen LogP contribution in [0.2, 0.25) is 0 Å². The minimum Gasteiger partial charge on any atom is -0.392 e. The molecule has 2 heteroatoms. The van der Waals surface area contributed by atoms with Gasteiger partial charge in [-0.15, -0.1) is 0 Å². The van der Waals surface area contributed by atoms with E-state index in [0.29, 0.717) is 0 Å². The van der Waals surface area contributed by atoms with Gasteiger partial charge < -0.3 is 4.84 Å². The van der Waals surface area contributed by atoms with Gasteiger partial charge in [0.05, 0.1) is 5.71 Å². The number of benzene rings is 1. The van der Waals surface area contributed by atoms with Crippen molar-refractivity contribution in [2.24, 2.45) is 5.16 Å². The van der Waals surface area contributed by atoms with E-state index in [1.807, 2.05) is 37.3 Å². The summed E-state index contributed by atoms with van der Waals surface area (Å²) in [6.45, 7) is 1.88. The lowest BCUT2D eigenvalue weighted by molar-refractivity contribution is 0.260. The Morgan fingerprint density at radius 3 is 2.55 bits per heavy atom. The SMILES string of the molecule is [CH2]ON=C(C)c1ccccc1. The third-order valence-corrected chi connectivity index (χ3v) is 1.39. The second-order valence-corrected chi connectivity index (χ2v) is 2.17. The van der Waals surface area contributed by atoms with Crippen LogP contribution >= 0.6 is 0 Å². The third kappa shape index (κ3) is 2.08. The molecule has 1 aromatic carbocycles. The van der Waals surface area contributed by atoms with Gasteiger partial charge in [-0.1, -0.05) is 35.5 Å². The van der Waals surface area contributed by atoms with Crippen molar-refractivity contribution < 1.29 is 4.84 Å². The molecule has 0 aromatic heterocycles. The zero-order chi connectivity index (χ0) is 8.10. The van der Waals surface area contributed by atoms with E-state index in [-0.39, 0.29) is 0 Å². The van der Waals surface area contributed by atoms with Crippen molar-refractivity contribution in [3.05, 3.63) is 43.0 Å². The lowest BCUT2D eigenvalue weighted by Gasteiger charge is -1.96. The molecule has 0 heterocycles. The van der Waals surface area contributed by atoms with Gasteiger partial charge in [-0.05, 0) is 12.5 Å². The Kier molecular flexibility index (Phi) is 2.66. The molecule has 1 aromatic rings. The van der Waals surface area contributed by atoms with Crippen LogP contribution in [0.15, 0.2) is 35.5 Å². The van der Waals surface area contributed by atoms with Gasteiger partial charge in [0.25, 0.3) is 0 Å². The fourth-order valence-electron chi connectivity index (χ4n) is 0.829. The van der Waals surface area contributed by atoms with Crippen LogP contribution in [0.5, 0.6) is 0 Å². The molecule has 0 fully saturated rings. The second-order valence-electron chi connectivity index (χ2n) is 2.17. The summed E-state index contributed by atoms with van der Waals surface area (Å²) in [7, 11) is 3.16. The van der Waals surface area contributed by atoms with Gasteiger partial charge in [0, 0.05) is 0 Å². The van der Waals surface area contributed by atoms with E-state index in [4.69, 9.17) is 0 Å². The summed E-state index contributed by atoms with van der Waals surface area (Å²) in [6.07, 6.45) is 0. The predicted octanol–water partition coefficient (Wildman–Crippen LogP) is 2.22. The summed E-state index contributed by atoms with van der Waals surface area (Å²) in [5.41, 5.74) is 1.89. The molecule has 0 unspecified atom stereocenters. The van der Waals surface area contributed by atoms with Crippen LogP contribution in [-0.4, -0.2) is 5.71 Å². The van der Waals surface area contributed by atoms with Gasteiger partial charge in [0.15, 0.2) is 7.11 Å². The highest BCUT2D eigenvalue weighted by molar-refractivity contribution is 5.98. The Morgan fingerprint density at radius 2 is 2.00 bits per heavy atom. The number of hydrogen-bond donors (Lipinski definition) is 0. The fourth-order valence-corrected chi connectivity index (χ4v) is 0.829. The molecular formula is C9H10NO. The van der Waals surface area contributed by atoms with Crippen molar-refractivity contribution in [1.82, 2.24) is 0 Å². The van der Waals surface area contributed by atoms with Gasteiger partial charge in [-0.2, -0.15) is 0 Å². The van der Waals surface area contributed by atoms with Gasteiger partial charge in [-0.3, -0.25) is 0 Å². The number of hydrogen-bond acceptors (Lipinski definition) is 2. The van der Waals surface area contributed by atoms with E-state index >= 15 is 0 Å². The van der Waals surface area contributed by atoms with Crippen molar-refractivity contribution in [2.45, 2.75) is 6.92 Å². The molecule has 2 nitrogen and oxygen atoms in total. The monoisotopic (exact) mass is 148 g/mol. The number of rotatable bonds is 2. The first kappa shape index (κ1) is 7.79. The van der Waals surface area contributed by atoms with Crippen LogP contribution < -0.4 is 0 Å². The Morgan fingerprint density at radius 1 is 1.36 bits per heavy atom. The van der Waals surface area contributed by atoms with Crippen LogP contribution in [0.25, 0.3) is 0 Å². The molecule has 0 amide bonds. The highest BCUT2D eigenvalue weighted by atomic mass is 16.6. The molecule has 0 saturated heterocycles. The van der Waals surface area contributed by atoms with Crippen molar-refractivity contribution in [2.75, 3.05) is 0 Å². The van der Waals surface area contributed by atoms with Gasteiger partial charge >= 0.3 is 0 Å². The summed E-state index contributed by atoms with van der Waals surface area (Å²) in [5.74, 6) is 0. The van der Waals surface area contributed by atoms with Crippen molar-refractivity contribution in [1.29, 1.82) is 0 Å². The van der Waals surface area contributed by atoms with Gasteiger partial charge in [-0.25, -0.2) is 0 Å². The van der Waals surface area contributed by atoms with Crippen LogP contribution in [0.4, 0.5) is 0 Å². The predicted molar refractivity (Wildman–Crippen MR) is 45.1 cm³/mol. The maximum absolute atomic E-state index is 4.40. The molecule has 0 aliphatic carbocycles. The molecule has 1 radical (unpaired) electrons. The van der Waals surface area contributed by atoms with Gasteiger partial charge in [0.2, 0.25) is 0 Å². The molecule has 0 saturated carbocycles. The minimum absolute atomic E-state index is 0.834. The highest BCUT2D eigenvalue weighted by Crippen LogP contribution is 2.00. The first-order valence-corrected chi connectivity index (χ1v) is 3.36. The average molecular weight is 148 g/mol. The van der Waals surface area contributed by atoms with Crippen molar-refractivity contribution >= 4 is 5.71 Å². The van der Waals surface area contributed by atoms with Crippen LogP contribution in [0.1, 0.15) is 12.5 Å². The van der Waals surface area contributed by atoms with Crippen LogP contribution in [0.3, 0.4) is 0 Å². The fraction of sp³-hybridized carbons (Fsp3) is 0.111. The third-order valence-electron chi connectivity index (χ3n) is 1.39. The quantitative estimate of drug-likeness (QED) is 0.465. The number of oxime groups is 1. The van der Waals surface area contributed by atoms with Crippen LogP contribution in [-0.2, 0) is 4.84 Å². The highest BCUT2D eigenvalue weighted by Gasteiger charge is 1.93. The number of nitrogens with zero attached hydrogens (tertiary/aromatic N) is 1. The first-order valence-electron chi connectivity index (χ1n) is 3.36. The van der Waals surface area contributed by atoms with E-state index in [2.05, 4.69) is 17.1 Å². The lowest BCUT2D eigenvalue weighted by atomic mass is 10.1. The Bertz CT molecular complexity index is 241. The van der Waals surface area contributed by atoms with E-state index in [1.54, 1.807) is 0 Å². The summed E-state index contributed by atoms with van der Waals surface area (Å²) >= 11 is 0. The summed E-state index contributed by atoms with van der Waals surface area (Å²) in [4.78, 5) is 4.40. The molecule has 11 heavy (non-hydrogen) atoms. The molecular weight excluding hydrogens is 138 g/mol. The minimum atomic E-state index is 0.834.